The van der Waals surface area contributed by atoms with Gasteiger partial charge in [-0.1, -0.05) is 6.92 Å². The van der Waals surface area contributed by atoms with Crippen LogP contribution in [0.3, 0.4) is 0 Å². The summed E-state index contributed by atoms with van der Waals surface area (Å²) < 4.78 is 0. The van der Waals surface area contributed by atoms with Crippen molar-refractivity contribution in [2.75, 3.05) is 0 Å². The lowest BCUT2D eigenvalue weighted by Crippen LogP contribution is -2.36. The highest BCUT2D eigenvalue weighted by Crippen LogP contribution is 2.58. The molecule has 0 radical (unpaired) electrons. The van der Waals surface area contributed by atoms with E-state index in [4.69, 9.17) is 11.7 Å². The van der Waals surface area contributed by atoms with Gasteiger partial charge < -0.3 is 9.95 Å². The van der Waals surface area contributed by atoms with Crippen LogP contribution in [0, 0.1) is 23.8 Å². The van der Waals surface area contributed by atoms with E-state index in [0.29, 0.717) is 11.8 Å². The minimum atomic E-state index is -0.923. The zero-order valence-corrected chi connectivity index (χ0v) is 9.07. The SMILES string of the molecule is [C-]#[N+]C(C(=O)O)C1(CC)C[C@H]2CC[C@H]2C1. The molecule has 0 bridgehead atoms. The molecular weight excluding hydrogens is 190 g/mol. The molecule has 1 N–H and O–H groups in total. The van der Waals surface area contributed by atoms with Gasteiger partial charge in [-0.3, -0.25) is 0 Å². The summed E-state index contributed by atoms with van der Waals surface area (Å²) in [5.74, 6) is 0.509. The smallest absolute Gasteiger partial charge is 0.388 e. The highest BCUT2D eigenvalue weighted by molar-refractivity contribution is 5.76. The number of carboxylic acid groups (broad SMARTS) is 1. The van der Waals surface area contributed by atoms with Gasteiger partial charge in [0.05, 0.1) is 5.41 Å². The van der Waals surface area contributed by atoms with Gasteiger partial charge >= 0.3 is 12.0 Å². The van der Waals surface area contributed by atoms with Gasteiger partial charge in [0.2, 0.25) is 0 Å². The van der Waals surface area contributed by atoms with Crippen molar-refractivity contribution >= 4 is 5.97 Å². The van der Waals surface area contributed by atoms with E-state index in [9.17, 15) is 4.79 Å². The molecule has 0 aromatic carbocycles. The van der Waals surface area contributed by atoms with Crippen molar-refractivity contribution in [2.24, 2.45) is 17.3 Å². The van der Waals surface area contributed by atoms with E-state index >= 15 is 0 Å². The number of carboxylic acids is 1. The van der Waals surface area contributed by atoms with Gasteiger partial charge in [0.1, 0.15) is 0 Å². The van der Waals surface area contributed by atoms with Gasteiger partial charge in [-0.05, 0) is 43.9 Å². The first-order valence-electron chi connectivity index (χ1n) is 5.72. The Morgan fingerprint density at radius 1 is 1.53 bits per heavy atom. The van der Waals surface area contributed by atoms with Gasteiger partial charge in [-0.25, -0.2) is 11.4 Å². The first kappa shape index (κ1) is 10.5. The van der Waals surface area contributed by atoms with E-state index in [2.05, 4.69) is 4.85 Å². The molecular formula is C12H17NO2. The summed E-state index contributed by atoms with van der Waals surface area (Å²) in [4.78, 5) is 14.5. The molecule has 0 spiro atoms. The van der Waals surface area contributed by atoms with Gasteiger partial charge in [0.15, 0.2) is 0 Å². The molecule has 0 aliphatic heterocycles. The highest BCUT2D eigenvalue weighted by Gasteiger charge is 2.57. The lowest BCUT2D eigenvalue weighted by Gasteiger charge is -2.29. The van der Waals surface area contributed by atoms with Crippen LogP contribution in [0.1, 0.15) is 39.0 Å². The van der Waals surface area contributed by atoms with E-state index in [1.165, 1.54) is 12.8 Å². The van der Waals surface area contributed by atoms with Crippen LogP contribution in [0.25, 0.3) is 4.85 Å². The Labute approximate surface area is 90.3 Å². The molecule has 15 heavy (non-hydrogen) atoms. The Bertz CT molecular complexity index is 306. The lowest BCUT2D eigenvalue weighted by molar-refractivity contribution is -0.140. The quantitative estimate of drug-likeness (QED) is 0.723. The molecule has 3 heteroatoms. The molecule has 0 heterocycles. The van der Waals surface area contributed by atoms with Gasteiger partial charge in [-0.2, -0.15) is 0 Å². The zero-order chi connectivity index (χ0) is 11.1. The first-order valence-corrected chi connectivity index (χ1v) is 5.72. The molecule has 4 atom stereocenters. The van der Waals surface area contributed by atoms with Crippen molar-refractivity contribution in [3.8, 4) is 0 Å². The molecule has 0 saturated heterocycles. The third-order valence-corrected chi connectivity index (χ3v) is 4.56. The average molecular weight is 207 g/mol. The standard InChI is InChI=1S/C12H17NO2/c1-3-12(10(13-2)11(14)15)6-8-4-5-9(8)7-12/h8-10H,3-7H2,1H3,(H,14,15)/t8-,9+,10?,12?. The Kier molecular flexibility index (Phi) is 2.46. The minimum absolute atomic E-state index is 0.223. The second kappa shape index (κ2) is 3.52. The number of aliphatic carboxylic acids is 1. The van der Waals surface area contributed by atoms with Crippen LogP contribution in [0.4, 0.5) is 0 Å². The predicted octanol–water partition coefficient (Wildman–Crippen LogP) is 2.58. The largest absolute Gasteiger partial charge is 0.475 e. The molecule has 2 aliphatic rings. The number of rotatable bonds is 3. The highest BCUT2D eigenvalue weighted by atomic mass is 16.4. The van der Waals surface area contributed by atoms with E-state index in [-0.39, 0.29) is 5.41 Å². The second-order valence-corrected chi connectivity index (χ2v) is 5.09. The van der Waals surface area contributed by atoms with Crippen LogP contribution in [0.5, 0.6) is 0 Å². The fourth-order valence-corrected chi connectivity index (χ4v) is 3.46. The Balaban J connectivity index is 2.22. The number of fused-ring (bicyclic) bond motifs is 1. The third kappa shape index (κ3) is 1.43. The number of nitrogens with zero attached hydrogens (tertiary/aromatic N) is 1. The first-order chi connectivity index (χ1) is 7.13. The fraction of sp³-hybridized carbons (Fsp3) is 0.833. The van der Waals surface area contributed by atoms with E-state index in [0.717, 1.165) is 19.3 Å². The van der Waals surface area contributed by atoms with Crippen molar-refractivity contribution < 1.29 is 9.90 Å². The number of hydrogen-bond donors (Lipinski definition) is 1. The number of carbonyl (C=O) groups is 1. The summed E-state index contributed by atoms with van der Waals surface area (Å²) in [5, 5.41) is 9.11. The molecule has 2 rings (SSSR count). The van der Waals surface area contributed by atoms with Crippen molar-refractivity contribution in [2.45, 2.75) is 45.1 Å². The van der Waals surface area contributed by atoms with E-state index in [1.807, 2.05) is 6.92 Å². The van der Waals surface area contributed by atoms with Crippen molar-refractivity contribution in [1.82, 2.24) is 0 Å². The minimum Gasteiger partial charge on any atom is -0.475 e. The van der Waals surface area contributed by atoms with Crippen LogP contribution in [0.15, 0.2) is 0 Å². The normalized spacial score (nSPS) is 40.0. The molecule has 82 valence electrons. The van der Waals surface area contributed by atoms with Crippen molar-refractivity contribution in [3.05, 3.63) is 11.4 Å². The molecule has 2 unspecified atom stereocenters. The maximum atomic E-state index is 11.1. The average Bonchev–Trinajstić information content (AvgIpc) is 2.43. The Morgan fingerprint density at radius 2 is 2.07 bits per heavy atom. The maximum Gasteiger partial charge on any atom is 0.388 e. The van der Waals surface area contributed by atoms with Crippen molar-refractivity contribution in [1.29, 1.82) is 0 Å². The molecule has 0 amide bonds. The van der Waals surface area contributed by atoms with Crippen LogP contribution in [-0.4, -0.2) is 17.1 Å². The zero-order valence-electron chi connectivity index (χ0n) is 9.07. The van der Waals surface area contributed by atoms with Gasteiger partial charge in [-0.15, -0.1) is 0 Å². The predicted molar refractivity (Wildman–Crippen MR) is 56.2 cm³/mol. The Hall–Kier alpha value is -1.04. The van der Waals surface area contributed by atoms with E-state index in [1.54, 1.807) is 0 Å². The summed E-state index contributed by atoms with van der Waals surface area (Å²) in [6, 6.07) is -0.812. The summed E-state index contributed by atoms with van der Waals surface area (Å²) in [5.41, 5.74) is -0.223. The topological polar surface area (TPSA) is 41.7 Å². The summed E-state index contributed by atoms with van der Waals surface area (Å²) in [6.07, 6.45) is 5.26. The molecule has 2 fully saturated rings. The lowest BCUT2D eigenvalue weighted by atomic mass is 9.76. The fourth-order valence-electron chi connectivity index (χ4n) is 3.46. The van der Waals surface area contributed by atoms with Crippen LogP contribution >= 0.6 is 0 Å². The van der Waals surface area contributed by atoms with Crippen molar-refractivity contribution in [3.63, 3.8) is 0 Å². The Morgan fingerprint density at radius 3 is 2.33 bits per heavy atom. The van der Waals surface area contributed by atoms with Crippen LogP contribution in [0.2, 0.25) is 0 Å². The van der Waals surface area contributed by atoms with Gasteiger partial charge in [0.25, 0.3) is 0 Å². The third-order valence-electron chi connectivity index (χ3n) is 4.56. The molecule has 2 saturated carbocycles. The molecule has 2 aliphatic carbocycles. The monoisotopic (exact) mass is 207 g/mol. The van der Waals surface area contributed by atoms with Crippen LogP contribution in [-0.2, 0) is 4.79 Å². The molecule has 0 aromatic heterocycles. The van der Waals surface area contributed by atoms with Gasteiger partial charge in [0, 0.05) is 0 Å². The molecule has 0 aromatic rings. The second-order valence-electron chi connectivity index (χ2n) is 5.09. The summed E-state index contributed by atoms with van der Waals surface area (Å²) in [6.45, 7) is 9.11. The van der Waals surface area contributed by atoms with E-state index < -0.39 is 12.0 Å². The molecule has 3 nitrogen and oxygen atoms in total. The summed E-state index contributed by atoms with van der Waals surface area (Å²) in [7, 11) is 0. The summed E-state index contributed by atoms with van der Waals surface area (Å²) >= 11 is 0. The van der Waals surface area contributed by atoms with Crippen LogP contribution < -0.4 is 0 Å². The maximum absolute atomic E-state index is 11.1. The number of hydrogen-bond acceptors (Lipinski definition) is 1.